The van der Waals surface area contributed by atoms with Crippen LogP contribution in [0.2, 0.25) is 0 Å². The number of anilines is 2. The molecule has 0 unspecified atom stereocenters. The predicted octanol–water partition coefficient (Wildman–Crippen LogP) is 2.16. The van der Waals surface area contributed by atoms with Gasteiger partial charge in [0.2, 0.25) is 0 Å². The second-order valence-corrected chi connectivity index (χ2v) is 7.15. The van der Waals surface area contributed by atoms with Crippen LogP contribution in [0.3, 0.4) is 0 Å². The summed E-state index contributed by atoms with van der Waals surface area (Å²) in [6, 6.07) is 11.4. The van der Waals surface area contributed by atoms with Crippen molar-refractivity contribution in [3.63, 3.8) is 0 Å². The Morgan fingerprint density at radius 2 is 2.08 bits per heavy atom. The Labute approximate surface area is 155 Å². The summed E-state index contributed by atoms with van der Waals surface area (Å²) >= 11 is 1.58. The number of carbonyl (C=O) groups excluding carboxylic acids is 1. The number of nitrogens with zero attached hydrogens (tertiary/aromatic N) is 5. The molecule has 0 aliphatic carbocycles. The first-order valence-electron chi connectivity index (χ1n) is 8.21. The highest BCUT2D eigenvalue weighted by atomic mass is 32.2. The Bertz CT molecular complexity index is 942. The number of nitrogens with two attached hydrogens (primary N) is 1. The van der Waals surface area contributed by atoms with E-state index >= 15 is 0 Å². The SMILES string of the molecule is CN1C(=O)[C@@H](n2ncnc2Cc2ccccc2)CSc2cc(N)ncc21. The fraction of sp³-hybridized carbons (Fsp3) is 0.222. The number of likely N-dealkylation sites (N-methyl/N-ethyl adjacent to an activating group) is 1. The van der Waals surface area contributed by atoms with Crippen molar-refractivity contribution in [3.8, 4) is 0 Å². The highest BCUT2D eigenvalue weighted by Gasteiger charge is 2.32. The van der Waals surface area contributed by atoms with E-state index in [9.17, 15) is 4.79 Å². The number of benzene rings is 1. The fourth-order valence-electron chi connectivity index (χ4n) is 3.01. The van der Waals surface area contributed by atoms with Gasteiger partial charge in [-0.1, -0.05) is 30.3 Å². The first kappa shape index (κ1) is 16.6. The van der Waals surface area contributed by atoms with Gasteiger partial charge in [0.15, 0.2) is 0 Å². The molecule has 1 aliphatic rings. The Morgan fingerprint density at radius 3 is 2.88 bits per heavy atom. The van der Waals surface area contributed by atoms with Crippen LogP contribution in [-0.2, 0) is 11.2 Å². The maximum absolute atomic E-state index is 13.1. The number of thioether (sulfide) groups is 1. The third kappa shape index (κ3) is 3.03. The van der Waals surface area contributed by atoms with Gasteiger partial charge in [-0.3, -0.25) is 4.79 Å². The first-order chi connectivity index (χ1) is 12.6. The zero-order chi connectivity index (χ0) is 18.1. The maximum atomic E-state index is 13.1. The van der Waals surface area contributed by atoms with Gasteiger partial charge in [-0.15, -0.1) is 11.8 Å². The molecule has 1 atom stereocenters. The fourth-order valence-corrected chi connectivity index (χ4v) is 4.17. The Morgan fingerprint density at radius 1 is 1.27 bits per heavy atom. The highest BCUT2D eigenvalue weighted by molar-refractivity contribution is 7.99. The average molecular weight is 366 g/mol. The molecule has 0 bridgehead atoms. The molecule has 0 fully saturated rings. The van der Waals surface area contributed by atoms with E-state index in [2.05, 4.69) is 15.1 Å². The van der Waals surface area contributed by atoms with E-state index in [1.165, 1.54) is 6.33 Å². The highest BCUT2D eigenvalue weighted by Crippen LogP contribution is 2.37. The molecule has 0 saturated carbocycles. The van der Waals surface area contributed by atoms with Crippen molar-refractivity contribution in [1.29, 1.82) is 0 Å². The zero-order valence-electron chi connectivity index (χ0n) is 14.2. The monoisotopic (exact) mass is 366 g/mol. The third-order valence-corrected chi connectivity index (χ3v) is 5.51. The summed E-state index contributed by atoms with van der Waals surface area (Å²) in [4.78, 5) is 24.1. The molecule has 2 N–H and O–H groups in total. The minimum Gasteiger partial charge on any atom is -0.384 e. The summed E-state index contributed by atoms with van der Waals surface area (Å²) in [6.07, 6.45) is 3.78. The predicted molar refractivity (Wildman–Crippen MR) is 101 cm³/mol. The number of carbonyl (C=O) groups is 1. The number of rotatable bonds is 3. The van der Waals surface area contributed by atoms with Gasteiger partial charge in [0.1, 0.15) is 24.0 Å². The normalized spacial score (nSPS) is 17.0. The van der Waals surface area contributed by atoms with Crippen LogP contribution in [0.25, 0.3) is 0 Å². The molecule has 7 nitrogen and oxygen atoms in total. The molecule has 1 aromatic carbocycles. The van der Waals surface area contributed by atoms with Crippen LogP contribution < -0.4 is 10.6 Å². The largest absolute Gasteiger partial charge is 0.384 e. The molecule has 4 rings (SSSR count). The third-order valence-electron chi connectivity index (χ3n) is 4.39. The van der Waals surface area contributed by atoms with E-state index in [1.54, 1.807) is 40.7 Å². The van der Waals surface area contributed by atoms with E-state index in [-0.39, 0.29) is 5.91 Å². The molecule has 26 heavy (non-hydrogen) atoms. The smallest absolute Gasteiger partial charge is 0.252 e. The van der Waals surface area contributed by atoms with Crippen LogP contribution in [0, 0.1) is 0 Å². The molecule has 3 aromatic rings. The molecular formula is C18H18N6OS. The van der Waals surface area contributed by atoms with Gasteiger partial charge in [0.05, 0.1) is 11.9 Å². The first-order valence-corrected chi connectivity index (χ1v) is 9.20. The van der Waals surface area contributed by atoms with Gasteiger partial charge in [-0.05, 0) is 11.6 Å². The lowest BCUT2D eigenvalue weighted by atomic mass is 10.1. The van der Waals surface area contributed by atoms with Gasteiger partial charge in [0, 0.05) is 24.1 Å². The van der Waals surface area contributed by atoms with Gasteiger partial charge < -0.3 is 10.6 Å². The molecule has 0 radical (unpaired) electrons. The van der Waals surface area contributed by atoms with Gasteiger partial charge in [-0.25, -0.2) is 14.6 Å². The van der Waals surface area contributed by atoms with Crippen molar-refractivity contribution in [3.05, 3.63) is 60.3 Å². The van der Waals surface area contributed by atoms with Crippen molar-refractivity contribution >= 4 is 29.2 Å². The molecule has 0 saturated heterocycles. The number of fused-ring (bicyclic) bond motifs is 1. The molecular weight excluding hydrogens is 348 g/mol. The lowest BCUT2D eigenvalue weighted by Gasteiger charge is -2.21. The molecule has 132 valence electrons. The number of aromatic nitrogens is 4. The maximum Gasteiger partial charge on any atom is 0.252 e. The van der Waals surface area contributed by atoms with Crippen LogP contribution >= 0.6 is 11.8 Å². The summed E-state index contributed by atoms with van der Waals surface area (Å²) < 4.78 is 1.74. The van der Waals surface area contributed by atoms with Crippen molar-refractivity contribution in [2.75, 3.05) is 23.4 Å². The second-order valence-electron chi connectivity index (χ2n) is 6.08. The lowest BCUT2D eigenvalue weighted by molar-refractivity contribution is -0.121. The van der Waals surface area contributed by atoms with Gasteiger partial charge in [0.25, 0.3) is 5.91 Å². The quantitative estimate of drug-likeness (QED) is 0.764. The topological polar surface area (TPSA) is 89.9 Å². The van der Waals surface area contributed by atoms with Crippen LogP contribution in [0.4, 0.5) is 11.5 Å². The van der Waals surface area contributed by atoms with Crippen LogP contribution in [-0.4, -0.2) is 38.5 Å². The number of amides is 1. The Hall–Kier alpha value is -2.87. The van der Waals surface area contributed by atoms with Crippen molar-refractivity contribution < 1.29 is 4.79 Å². The minimum atomic E-state index is -0.431. The number of pyridine rings is 1. The number of hydrogen-bond donors (Lipinski definition) is 1. The van der Waals surface area contributed by atoms with Crippen LogP contribution in [0.15, 0.2) is 53.8 Å². The van der Waals surface area contributed by atoms with Crippen molar-refractivity contribution in [1.82, 2.24) is 19.7 Å². The van der Waals surface area contributed by atoms with E-state index < -0.39 is 6.04 Å². The van der Waals surface area contributed by atoms with E-state index in [4.69, 9.17) is 5.73 Å². The summed E-state index contributed by atoms with van der Waals surface area (Å²) in [6.45, 7) is 0. The Kier molecular flexibility index (Phi) is 4.34. The molecule has 2 aromatic heterocycles. The molecule has 8 heteroatoms. The van der Waals surface area contributed by atoms with Crippen molar-refractivity contribution in [2.24, 2.45) is 0 Å². The van der Waals surface area contributed by atoms with E-state index in [1.807, 2.05) is 30.3 Å². The van der Waals surface area contributed by atoms with E-state index in [0.717, 1.165) is 22.0 Å². The van der Waals surface area contributed by atoms with Crippen LogP contribution in [0.5, 0.6) is 0 Å². The standard InChI is InChI=1S/C18H18N6OS/c1-23-13-9-20-16(19)8-15(13)26-10-14(18(23)25)24-17(21-11-22-24)7-12-5-3-2-4-6-12/h2-6,8-9,11,14H,7,10H2,1H3,(H2,19,20)/t14-/m0/s1. The molecule has 1 amide bonds. The lowest BCUT2D eigenvalue weighted by Crippen LogP contribution is -2.35. The van der Waals surface area contributed by atoms with Crippen molar-refractivity contribution in [2.45, 2.75) is 17.4 Å². The zero-order valence-corrected chi connectivity index (χ0v) is 15.1. The second kappa shape index (κ2) is 6.80. The summed E-state index contributed by atoms with van der Waals surface area (Å²) in [5, 5.41) is 4.35. The molecule has 0 spiro atoms. The summed E-state index contributed by atoms with van der Waals surface area (Å²) in [5.41, 5.74) is 7.69. The van der Waals surface area contributed by atoms with Gasteiger partial charge in [-0.2, -0.15) is 5.10 Å². The van der Waals surface area contributed by atoms with Crippen LogP contribution in [0.1, 0.15) is 17.4 Å². The number of nitrogen functional groups attached to an aromatic ring is 1. The molecule has 3 heterocycles. The molecule has 1 aliphatic heterocycles. The minimum absolute atomic E-state index is 0.0392. The average Bonchev–Trinajstić information content (AvgIpc) is 3.05. The van der Waals surface area contributed by atoms with Gasteiger partial charge >= 0.3 is 0 Å². The summed E-state index contributed by atoms with van der Waals surface area (Å²) in [7, 11) is 1.76. The summed E-state index contributed by atoms with van der Waals surface area (Å²) in [5.74, 6) is 1.74. The number of hydrogen-bond acceptors (Lipinski definition) is 6. The van der Waals surface area contributed by atoms with E-state index in [0.29, 0.717) is 18.0 Å². The Balaban J connectivity index is 1.65.